The normalized spacial score (nSPS) is 21.6. The Kier molecular flexibility index (Phi) is 2.88. The van der Waals surface area contributed by atoms with Crippen LogP contribution in [0.3, 0.4) is 0 Å². The summed E-state index contributed by atoms with van der Waals surface area (Å²) in [6, 6.07) is 0.518. The van der Waals surface area contributed by atoms with Gasteiger partial charge in [0, 0.05) is 11.4 Å². The number of anilines is 1. The summed E-state index contributed by atoms with van der Waals surface area (Å²) in [5, 5.41) is 6.17. The van der Waals surface area contributed by atoms with Crippen LogP contribution in [0.1, 0.15) is 26.0 Å². The SMILES string of the molecule is COC(=O)Cc1csc(NC2CC2(C)C)n1. The van der Waals surface area contributed by atoms with E-state index >= 15 is 0 Å². The minimum atomic E-state index is -0.247. The zero-order chi connectivity index (χ0) is 11.8. The molecule has 1 aromatic heterocycles. The Bertz CT molecular complexity index is 400. The summed E-state index contributed by atoms with van der Waals surface area (Å²) < 4.78 is 4.60. The molecule has 0 radical (unpaired) electrons. The molecular formula is C11H16N2O2S. The van der Waals surface area contributed by atoms with Gasteiger partial charge in [0.25, 0.3) is 0 Å². The zero-order valence-electron chi connectivity index (χ0n) is 9.74. The molecule has 1 aliphatic rings. The number of rotatable bonds is 4. The Morgan fingerprint density at radius 3 is 3.00 bits per heavy atom. The lowest BCUT2D eigenvalue weighted by Gasteiger charge is -2.03. The number of carbonyl (C=O) groups excluding carboxylic acids is 1. The number of nitrogens with one attached hydrogen (secondary N) is 1. The Balaban J connectivity index is 1.90. The molecule has 0 aromatic carbocycles. The summed E-state index contributed by atoms with van der Waals surface area (Å²) in [5.41, 5.74) is 1.16. The molecule has 1 fully saturated rings. The van der Waals surface area contributed by atoms with Crippen molar-refractivity contribution in [3.05, 3.63) is 11.1 Å². The molecule has 1 aliphatic carbocycles. The first-order valence-electron chi connectivity index (χ1n) is 5.29. The average molecular weight is 240 g/mol. The van der Waals surface area contributed by atoms with E-state index in [-0.39, 0.29) is 12.4 Å². The minimum absolute atomic E-state index is 0.247. The van der Waals surface area contributed by atoms with Crippen molar-refractivity contribution in [2.24, 2.45) is 5.41 Å². The number of hydrogen-bond acceptors (Lipinski definition) is 5. The molecule has 16 heavy (non-hydrogen) atoms. The number of methoxy groups -OCH3 is 1. The molecule has 1 aromatic rings. The number of aromatic nitrogens is 1. The van der Waals surface area contributed by atoms with Crippen LogP contribution in [0, 0.1) is 5.41 Å². The van der Waals surface area contributed by atoms with E-state index in [2.05, 4.69) is 28.9 Å². The van der Waals surface area contributed by atoms with Crippen molar-refractivity contribution < 1.29 is 9.53 Å². The Hall–Kier alpha value is -1.10. The second-order valence-corrected chi connectivity index (χ2v) is 5.64. The first-order valence-corrected chi connectivity index (χ1v) is 6.17. The van der Waals surface area contributed by atoms with Gasteiger partial charge in [-0.25, -0.2) is 4.98 Å². The highest BCUT2D eigenvalue weighted by molar-refractivity contribution is 7.13. The van der Waals surface area contributed by atoms with Gasteiger partial charge in [-0.1, -0.05) is 13.8 Å². The van der Waals surface area contributed by atoms with Gasteiger partial charge in [0.1, 0.15) is 0 Å². The molecule has 0 aliphatic heterocycles. The number of esters is 1. The molecule has 4 nitrogen and oxygen atoms in total. The van der Waals surface area contributed by atoms with Crippen LogP contribution in [0.2, 0.25) is 0 Å². The second kappa shape index (κ2) is 4.05. The summed E-state index contributed by atoms with van der Waals surface area (Å²) in [7, 11) is 1.39. The summed E-state index contributed by atoms with van der Waals surface area (Å²) in [4.78, 5) is 15.4. The Morgan fingerprint density at radius 2 is 2.44 bits per heavy atom. The van der Waals surface area contributed by atoms with Crippen LogP contribution in [-0.2, 0) is 16.0 Å². The van der Waals surface area contributed by atoms with Crippen LogP contribution >= 0.6 is 11.3 Å². The molecule has 1 heterocycles. The van der Waals surface area contributed by atoms with Gasteiger partial charge in [-0.05, 0) is 11.8 Å². The lowest BCUT2D eigenvalue weighted by Crippen LogP contribution is -2.09. The molecule has 0 saturated heterocycles. The lowest BCUT2D eigenvalue weighted by molar-refractivity contribution is -0.139. The summed E-state index contributed by atoms with van der Waals surface area (Å²) in [6.45, 7) is 4.46. The van der Waals surface area contributed by atoms with Crippen molar-refractivity contribution in [3.8, 4) is 0 Å². The van der Waals surface area contributed by atoms with Crippen LogP contribution < -0.4 is 5.32 Å². The zero-order valence-corrected chi connectivity index (χ0v) is 10.6. The van der Waals surface area contributed by atoms with E-state index in [1.54, 1.807) is 11.3 Å². The smallest absolute Gasteiger partial charge is 0.311 e. The van der Waals surface area contributed by atoms with Crippen molar-refractivity contribution in [2.75, 3.05) is 12.4 Å². The predicted octanol–water partition coefficient (Wildman–Crippen LogP) is 2.07. The van der Waals surface area contributed by atoms with Crippen molar-refractivity contribution in [1.82, 2.24) is 4.98 Å². The van der Waals surface area contributed by atoms with Gasteiger partial charge in [0.05, 0.1) is 19.2 Å². The maximum atomic E-state index is 11.1. The van der Waals surface area contributed by atoms with E-state index in [0.717, 1.165) is 10.8 Å². The van der Waals surface area contributed by atoms with Gasteiger partial charge in [-0.2, -0.15) is 0 Å². The van der Waals surface area contributed by atoms with Gasteiger partial charge < -0.3 is 10.1 Å². The third-order valence-corrected chi connectivity index (χ3v) is 3.74. The number of ether oxygens (including phenoxy) is 1. The van der Waals surface area contributed by atoms with E-state index in [4.69, 9.17) is 0 Å². The fourth-order valence-corrected chi connectivity index (χ4v) is 2.30. The topological polar surface area (TPSA) is 51.2 Å². The van der Waals surface area contributed by atoms with Crippen molar-refractivity contribution in [1.29, 1.82) is 0 Å². The van der Waals surface area contributed by atoms with E-state index in [9.17, 15) is 4.79 Å². The van der Waals surface area contributed by atoms with Gasteiger partial charge in [-0.3, -0.25) is 4.79 Å². The fourth-order valence-electron chi connectivity index (χ4n) is 1.54. The quantitative estimate of drug-likeness (QED) is 0.819. The summed E-state index contributed by atoms with van der Waals surface area (Å²) in [6.07, 6.45) is 1.43. The minimum Gasteiger partial charge on any atom is -0.469 e. The van der Waals surface area contributed by atoms with Gasteiger partial charge in [0.2, 0.25) is 0 Å². The van der Waals surface area contributed by atoms with Gasteiger partial charge in [0.15, 0.2) is 5.13 Å². The molecule has 5 heteroatoms. The van der Waals surface area contributed by atoms with Crippen LogP contribution in [-0.4, -0.2) is 24.1 Å². The number of hydrogen-bond donors (Lipinski definition) is 1. The Labute approximate surface area is 99.0 Å². The van der Waals surface area contributed by atoms with Gasteiger partial charge >= 0.3 is 5.97 Å². The second-order valence-electron chi connectivity index (χ2n) is 4.79. The number of thiazole rings is 1. The van der Waals surface area contributed by atoms with Crippen LogP contribution in [0.25, 0.3) is 0 Å². The molecule has 2 rings (SSSR count). The predicted molar refractivity (Wildman–Crippen MR) is 63.6 cm³/mol. The van der Waals surface area contributed by atoms with Crippen molar-refractivity contribution in [2.45, 2.75) is 32.7 Å². The molecule has 1 atom stereocenters. The molecule has 1 N–H and O–H groups in total. The number of nitrogens with zero attached hydrogens (tertiary/aromatic N) is 1. The third kappa shape index (κ3) is 2.52. The highest BCUT2D eigenvalue weighted by atomic mass is 32.1. The first-order chi connectivity index (χ1) is 7.51. The maximum Gasteiger partial charge on any atom is 0.311 e. The lowest BCUT2D eigenvalue weighted by atomic mass is 10.2. The number of carbonyl (C=O) groups is 1. The fraction of sp³-hybridized carbons (Fsp3) is 0.636. The molecular weight excluding hydrogens is 224 g/mol. The molecule has 0 amide bonds. The highest BCUT2D eigenvalue weighted by Gasteiger charge is 2.46. The molecule has 0 bridgehead atoms. The van der Waals surface area contributed by atoms with Gasteiger partial charge in [-0.15, -0.1) is 11.3 Å². The van der Waals surface area contributed by atoms with E-state index in [1.165, 1.54) is 13.5 Å². The van der Waals surface area contributed by atoms with Crippen LogP contribution in [0.5, 0.6) is 0 Å². The van der Waals surface area contributed by atoms with E-state index < -0.39 is 0 Å². The van der Waals surface area contributed by atoms with Crippen molar-refractivity contribution in [3.63, 3.8) is 0 Å². The van der Waals surface area contributed by atoms with Crippen molar-refractivity contribution >= 4 is 22.4 Å². The summed E-state index contributed by atoms with van der Waals surface area (Å²) >= 11 is 1.54. The average Bonchev–Trinajstić information content (AvgIpc) is 2.62. The van der Waals surface area contributed by atoms with Crippen LogP contribution in [0.4, 0.5) is 5.13 Å². The van der Waals surface area contributed by atoms with Crippen LogP contribution in [0.15, 0.2) is 5.38 Å². The van der Waals surface area contributed by atoms with E-state index in [1.807, 2.05) is 5.38 Å². The standard InChI is InChI=1S/C11H16N2O2S/c1-11(2)5-8(11)13-10-12-7(6-16-10)4-9(14)15-3/h6,8H,4-5H2,1-3H3,(H,12,13). The summed E-state index contributed by atoms with van der Waals surface area (Å²) in [5.74, 6) is -0.247. The molecule has 0 spiro atoms. The largest absolute Gasteiger partial charge is 0.469 e. The molecule has 1 unspecified atom stereocenters. The molecule has 88 valence electrons. The monoisotopic (exact) mass is 240 g/mol. The first kappa shape index (κ1) is 11.4. The highest BCUT2D eigenvalue weighted by Crippen LogP contribution is 2.46. The van der Waals surface area contributed by atoms with E-state index in [0.29, 0.717) is 11.5 Å². The maximum absolute atomic E-state index is 11.1. The molecule has 1 saturated carbocycles. The third-order valence-electron chi connectivity index (χ3n) is 2.92. The Morgan fingerprint density at radius 1 is 1.75 bits per heavy atom.